The first-order valence-corrected chi connectivity index (χ1v) is 6.62. The molecule has 1 N–H and O–H groups in total. The fraction of sp³-hybridized carbons (Fsp3) is 0.0588. The second-order valence-corrected chi connectivity index (χ2v) is 4.70. The van der Waals surface area contributed by atoms with Crippen LogP contribution in [0.25, 0.3) is 11.0 Å². The van der Waals surface area contributed by atoms with Crippen molar-refractivity contribution in [2.45, 2.75) is 6.10 Å². The molecule has 2 aromatic carbocycles. The SMILES string of the molecule is O=C(O)[C@@H](Oc1ccc2ccc(=O)oc2c1)c1ccccc1. The van der Waals surface area contributed by atoms with Crippen LogP contribution in [0.15, 0.2) is 69.9 Å². The normalized spacial score (nSPS) is 12.0. The van der Waals surface area contributed by atoms with Crippen LogP contribution < -0.4 is 10.4 Å². The highest BCUT2D eigenvalue weighted by molar-refractivity contribution is 5.78. The van der Waals surface area contributed by atoms with Gasteiger partial charge in [0.25, 0.3) is 0 Å². The average molecular weight is 296 g/mol. The molecule has 0 spiro atoms. The van der Waals surface area contributed by atoms with Gasteiger partial charge in [0.2, 0.25) is 6.10 Å². The minimum Gasteiger partial charge on any atom is -0.478 e. The Morgan fingerprint density at radius 3 is 2.50 bits per heavy atom. The third kappa shape index (κ3) is 2.83. The molecule has 1 atom stereocenters. The topological polar surface area (TPSA) is 76.7 Å². The Morgan fingerprint density at radius 1 is 1.05 bits per heavy atom. The third-order valence-electron chi connectivity index (χ3n) is 3.18. The smallest absolute Gasteiger partial charge is 0.349 e. The molecule has 1 heterocycles. The molecule has 110 valence electrons. The molecule has 0 aliphatic heterocycles. The zero-order valence-electron chi connectivity index (χ0n) is 11.4. The van der Waals surface area contributed by atoms with Crippen molar-refractivity contribution in [3.63, 3.8) is 0 Å². The maximum absolute atomic E-state index is 11.4. The van der Waals surface area contributed by atoms with Crippen molar-refractivity contribution in [1.29, 1.82) is 0 Å². The Balaban J connectivity index is 1.96. The van der Waals surface area contributed by atoms with Gasteiger partial charge in [-0.1, -0.05) is 30.3 Å². The van der Waals surface area contributed by atoms with Crippen LogP contribution in [0.5, 0.6) is 5.75 Å². The largest absolute Gasteiger partial charge is 0.478 e. The van der Waals surface area contributed by atoms with Gasteiger partial charge in [-0.2, -0.15) is 0 Å². The molecule has 0 saturated heterocycles. The molecule has 0 bridgehead atoms. The lowest BCUT2D eigenvalue weighted by Crippen LogP contribution is -2.18. The van der Waals surface area contributed by atoms with E-state index in [0.29, 0.717) is 16.9 Å². The Hall–Kier alpha value is -3.08. The minimum absolute atomic E-state index is 0.318. The maximum atomic E-state index is 11.4. The van der Waals surface area contributed by atoms with Crippen LogP contribution in [-0.4, -0.2) is 11.1 Å². The number of ether oxygens (including phenoxy) is 1. The summed E-state index contributed by atoms with van der Waals surface area (Å²) in [4.78, 5) is 22.7. The summed E-state index contributed by atoms with van der Waals surface area (Å²) in [5.41, 5.74) is 0.411. The van der Waals surface area contributed by atoms with Gasteiger partial charge >= 0.3 is 11.6 Å². The Kier molecular flexibility index (Phi) is 3.62. The number of hydrogen-bond donors (Lipinski definition) is 1. The first kappa shape index (κ1) is 13.9. The van der Waals surface area contributed by atoms with Crippen LogP contribution >= 0.6 is 0 Å². The molecule has 22 heavy (non-hydrogen) atoms. The van der Waals surface area contributed by atoms with E-state index >= 15 is 0 Å². The van der Waals surface area contributed by atoms with E-state index in [0.717, 1.165) is 5.39 Å². The molecule has 0 aliphatic carbocycles. The molecule has 0 radical (unpaired) electrons. The van der Waals surface area contributed by atoms with Gasteiger partial charge in [0, 0.05) is 23.1 Å². The quantitative estimate of drug-likeness (QED) is 0.749. The zero-order valence-corrected chi connectivity index (χ0v) is 11.4. The highest BCUT2D eigenvalue weighted by atomic mass is 16.5. The number of fused-ring (bicyclic) bond motifs is 1. The summed E-state index contributed by atoms with van der Waals surface area (Å²) in [5, 5.41) is 10.1. The standard InChI is InChI=1S/C17H12O5/c18-15-9-7-11-6-8-13(10-14(11)22-15)21-16(17(19)20)12-4-2-1-3-5-12/h1-10,16H,(H,19,20)/t16-/m0/s1. The van der Waals surface area contributed by atoms with E-state index in [2.05, 4.69) is 0 Å². The van der Waals surface area contributed by atoms with Crippen LogP contribution in [0.4, 0.5) is 0 Å². The second kappa shape index (κ2) is 5.73. The van der Waals surface area contributed by atoms with E-state index in [1.807, 2.05) is 0 Å². The lowest BCUT2D eigenvalue weighted by molar-refractivity contribution is -0.145. The minimum atomic E-state index is -1.13. The fourth-order valence-electron chi connectivity index (χ4n) is 2.14. The lowest BCUT2D eigenvalue weighted by atomic mass is 10.1. The van der Waals surface area contributed by atoms with Crippen LogP contribution in [0, 0.1) is 0 Å². The summed E-state index contributed by atoms with van der Waals surface area (Å²) < 4.78 is 10.6. The van der Waals surface area contributed by atoms with E-state index in [4.69, 9.17) is 9.15 Å². The number of aliphatic carboxylic acids is 1. The summed E-state index contributed by atoms with van der Waals surface area (Å²) in [5.74, 6) is -0.779. The molecule has 0 aliphatic rings. The number of hydrogen-bond acceptors (Lipinski definition) is 4. The number of carbonyl (C=O) groups is 1. The molecule has 0 amide bonds. The van der Waals surface area contributed by atoms with E-state index in [1.54, 1.807) is 48.5 Å². The van der Waals surface area contributed by atoms with Crippen molar-refractivity contribution in [2.75, 3.05) is 0 Å². The van der Waals surface area contributed by atoms with E-state index < -0.39 is 17.7 Å². The van der Waals surface area contributed by atoms with Gasteiger partial charge in [-0.25, -0.2) is 9.59 Å². The van der Waals surface area contributed by atoms with Crippen molar-refractivity contribution in [1.82, 2.24) is 0 Å². The maximum Gasteiger partial charge on any atom is 0.349 e. The Labute approximate surface area is 125 Å². The second-order valence-electron chi connectivity index (χ2n) is 4.70. The highest BCUT2D eigenvalue weighted by Crippen LogP contribution is 2.25. The van der Waals surface area contributed by atoms with Crippen molar-refractivity contribution in [3.8, 4) is 5.75 Å². The highest BCUT2D eigenvalue weighted by Gasteiger charge is 2.21. The summed E-state index contributed by atoms with van der Waals surface area (Å²) >= 11 is 0. The van der Waals surface area contributed by atoms with Crippen molar-refractivity contribution >= 4 is 16.9 Å². The monoisotopic (exact) mass is 296 g/mol. The summed E-state index contributed by atoms with van der Waals surface area (Å²) in [6.45, 7) is 0. The average Bonchev–Trinajstić information content (AvgIpc) is 2.52. The van der Waals surface area contributed by atoms with Gasteiger partial charge in [0.15, 0.2) is 0 Å². The molecule has 0 saturated carbocycles. The first-order valence-electron chi connectivity index (χ1n) is 6.62. The molecule has 5 heteroatoms. The van der Waals surface area contributed by atoms with Gasteiger partial charge in [-0.05, 0) is 18.2 Å². The molecule has 1 aromatic heterocycles. The van der Waals surface area contributed by atoms with Crippen LogP contribution in [0.2, 0.25) is 0 Å². The molecular weight excluding hydrogens is 284 g/mol. The summed E-state index contributed by atoms with van der Waals surface area (Å²) in [7, 11) is 0. The van der Waals surface area contributed by atoms with Crippen molar-refractivity contribution in [2.24, 2.45) is 0 Å². The van der Waals surface area contributed by atoms with E-state index in [1.165, 1.54) is 12.1 Å². The summed E-state index contributed by atoms with van der Waals surface area (Å²) in [6.07, 6.45) is -1.13. The van der Waals surface area contributed by atoms with Gasteiger partial charge in [-0.3, -0.25) is 0 Å². The number of rotatable bonds is 4. The van der Waals surface area contributed by atoms with Crippen LogP contribution in [-0.2, 0) is 4.79 Å². The number of benzene rings is 2. The Bertz CT molecular complexity index is 867. The van der Waals surface area contributed by atoms with Gasteiger partial charge < -0.3 is 14.3 Å². The van der Waals surface area contributed by atoms with E-state index in [-0.39, 0.29) is 0 Å². The lowest BCUT2D eigenvalue weighted by Gasteiger charge is -2.15. The van der Waals surface area contributed by atoms with E-state index in [9.17, 15) is 14.7 Å². The fourth-order valence-corrected chi connectivity index (χ4v) is 2.14. The van der Waals surface area contributed by atoms with Gasteiger partial charge in [0.05, 0.1) is 0 Å². The molecule has 5 nitrogen and oxygen atoms in total. The predicted octanol–water partition coefficient (Wildman–Crippen LogP) is 3.00. The van der Waals surface area contributed by atoms with Crippen molar-refractivity contribution < 1.29 is 19.1 Å². The van der Waals surface area contributed by atoms with Crippen molar-refractivity contribution in [3.05, 3.63) is 76.6 Å². The van der Waals surface area contributed by atoms with Gasteiger partial charge in [-0.15, -0.1) is 0 Å². The molecule has 3 rings (SSSR count). The molecule has 0 fully saturated rings. The van der Waals surface area contributed by atoms with Crippen LogP contribution in [0.3, 0.4) is 0 Å². The summed E-state index contributed by atoms with van der Waals surface area (Å²) in [6, 6.07) is 16.5. The molecule has 3 aromatic rings. The molecule has 0 unspecified atom stereocenters. The van der Waals surface area contributed by atoms with Gasteiger partial charge in [0.1, 0.15) is 11.3 Å². The number of carboxylic acid groups (broad SMARTS) is 1. The Morgan fingerprint density at radius 2 is 1.77 bits per heavy atom. The first-order chi connectivity index (χ1) is 10.6. The predicted molar refractivity (Wildman–Crippen MR) is 79.9 cm³/mol. The third-order valence-corrected chi connectivity index (χ3v) is 3.18. The number of carboxylic acids is 1. The molecular formula is C17H12O5. The zero-order chi connectivity index (χ0) is 15.5. The van der Waals surface area contributed by atoms with Crippen LogP contribution in [0.1, 0.15) is 11.7 Å².